The molecule has 2 saturated heterocycles. The Kier molecular flexibility index (Phi) is 7.33. The number of fused-ring (bicyclic) bond motifs is 2. The van der Waals surface area contributed by atoms with Crippen LogP contribution in [-0.2, 0) is 11.2 Å². The van der Waals surface area contributed by atoms with Gasteiger partial charge in [-0.2, -0.15) is 0 Å². The predicted molar refractivity (Wildman–Crippen MR) is 150 cm³/mol. The first-order valence-electron chi connectivity index (χ1n) is 14.5. The number of nitrogens with zero attached hydrogens (tertiary/aromatic N) is 2. The molecule has 8 nitrogen and oxygen atoms in total. The molecule has 0 bridgehead atoms. The Morgan fingerprint density at radius 1 is 1.05 bits per heavy atom. The monoisotopic (exact) mass is 535 g/mol. The molecule has 2 aromatic carbocycles. The minimum absolute atomic E-state index is 0.0151. The molecule has 1 unspecified atom stereocenters. The molecular weight excluding hydrogens is 494 g/mol. The number of rotatable bonds is 7. The second-order valence-electron chi connectivity index (χ2n) is 12.1. The molecule has 2 N–H and O–H groups in total. The number of hydrogen-bond acceptors (Lipinski definition) is 7. The van der Waals surface area contributed by atoms with Gasteiger partial charge in [0.05, 0.1) is 12.0 Å². The van der Waals surface area contributed by atoms with E-state index in [-0.39, 0.29) is 17.4 Å². The number of aliphatic hydroxyl groups is 1. The average molecular weight is 536 g/mol. The van der Waals surface area contributed by atoms with Gasteiger partial charge >= 0.3 is 0 Å². The fraction of sp³-hybridized carbons (Fsp3) is 0.581. The number of likely N-dealkylation sites (tertiary alicyclic amines) is 1. The minimum atomic E-state index is -0.840. The predicted octanol–water partition coefficient (Wildman–Crippen LogP) is 3.70. The summed E-state index contributed by atoms with van der Waals surface area (Å²) in [6.07, 6.45) is 4.27. The largest absolute Gasteiger partial charge is 0.488 e. The van der Waals surface area contributed by atoms with Crippen LogP contribution in [-0.4, -0.2) is 73.5 Å². The number of amides is 1. The number of carbonyl (C=O) groups excluding carboxylic acids is 1. The maximum Gasteiger partial charge on any atom is 0.225 e. The van der Waals surface area contributed by atoms with Gasteiger partial charge in [0.15, 0.2) is 11.5 Å². The number of hydrogen-bond donors (Lipinski definition) is 2. The fourth-order valence-electron chi connectivity index (χ4n) is 6.30. The molecule has 0 saturated carbocycles. The number of ether oxygens (including phenoxy) is 3. The number of anilines is 1. The summed E-state index contributed by atoms with van der Waals surface area (Å²) in [6.45, 7) is 9.42. The molecule has 2 aromatic rings. The Morgan fingerprint density at radius 3 is 2.64 bits per heavy atom. The summed E-state index contributed by atoms with van der Waals surface area (Å²) < 4.78 is 17.5. The van der Waals surface area contributed by atoms with Crippen LogP contribution in [0.5, 0.6) is 17.2 Å². The van der Waals surface area contributed by atoms with E-state index < -0.39 is 12.1 Å². The van der Waals surface area contributed by atoms with Gasteiger partial charge in [-0.25, -0.2) is 0 Å². The van der Waals surface area contributed by atoms with Crippen LogP contribution in [0.25, 0.3) is 0 Å². The molecule has 0 radical (unpaired) electrons. The van der Waals surface area contributed by atoms with E-state index in [2.05, 4.69) is 47.2 Å². The molecule has 3 atom stereocenters. The van der Waals surface area contributed by atoms with E-state index in [4.69, 9.17) is 14.2 Å². The van der Waals surface area contributed by atoms with Crippen molar-refractivity contribution in [2.75, 3.05) is 50.8 Å². The van der Waals surface area contributed by atoms with Crippen molar-refractivity contribution in [2.45, 2.75) is 63.7 Å². The number of aryl methyl sites for hydroxylation is 1. The van der Waals surface area contributed by atoms with Crippen molar-refractivity contribution in [3.05, 3.63) is 47.5 Å². The first kappa shape index (κ1) is 26.3. The maximum absolute atomic E-state index is 13.5. The van der Waals surface area contributed by atoms with Crippen molar-refractivity contribution in [2.24, 2.45) is 5.92 Å². The van der Waals surface area contributed by atoms with Gasteiger partial charge < -0.3 is 34.4 Å². The van der Waals surface area contributed by atoms with Crippen molar-refractivity contribution in [1.82, 2.24) is 10.2 Å². The van der Waals surface area contributed by atoms with Crippen molar-refractivity contribution in [3.63, 3.8) is 0 Å². The zero-order valence-corrected chi connectivity index (χ0v) is 23.2. The van der Waals surface area contributed by atoms with Crippen molar-refractivity contribution in [3.8, 4) is 17.2 Å². The Balaban J connectivity index is 1.13. The van der Waals surface area contributed by atoms with Crippen LogP contribution in [0.1, 0.15) is 56.8 Å². The molecule has 4 aliphatic rings. The highest BCUT2D eigenvalue weighted by atomic mass is 16.6. The summed E-state index contributed by atoms with van der Waals surface area (Å²) in [6, 6.07) is 11.6. The molecular formula is C31H41N3O5. The van der Waals surface area contributed by atoms with E-state index in [0.717, 1.165) is 68.7 Å². The second kappa shape index (κ2) is 10.9. The van der Waals surface area contributed by atoms with Crippen molar-refractivity contribution < 1.29 is 24.1 Å². The number of nitrogens with one attached hydrogen (secondary N) is 1. The van der Waals surface area contributed by atoms with Crippen LogP contribution in [0.2, 0.25) is 0 Å². The molecule has 0 spiro atoms. The molecule has 4 aliphatic heterocycles. The Labute approximate surface area is 231 Å². The maximum atomic E-state index is 13.5. The number of carbonyl (C=O) groups is 1. The molecule has 0 aromatic heterocycles. The summed E-state index contributed by atoms with van der Waals surface area (Å²) in [4.78, 5) is 18.2. The molecule has 0 aliphatic carbocycles. The third kappa shape index (κ3) is 5.82. The lowest BCUT2D eigenvalue weighted by atomic mass is 9.94. The Hall–Kier alpha value is -2.97. The van der Waals surface area contributed by atoms with E-state index in [9.17, 15) is 9.90 Å². The van der Waals surface area contributed by atoms with E-state index in [0.29, 0.717) is 37.8 Å². The first-order valence-corrected chi connectivity index (χ1v) is 14.5. The average Bonchev–Trinajstić information content (AvgIpc) is 3.64. The summed E-state index contributed by atoms with van der Waals surface area (Å²) >= 11 is 0. The highest BCUT2D eigenvalue weighted by Crippen LogP contribution is 2.37. The summed E-state index contributed by atoms with van der Waals surface area (Å²) in [5, 5.41) is 14.7. The molecule has 2 fully saturated rings. The van der Waals surface area contributed by atoms with Gasteiger partial charge in [-0.1, -0.05) is 6.07 Å². The normalized spacial score (nSPS) is 23.6. The zero-order valence-electron chi connectivity index (χ0n) is 23.2. The van der Waals surface area contributed by atoms with Gasteiger partial charge in [0.1, 0.15) is 30.7 Å². The molecule has 4 heterocycles. The van der Waals surface area contributed by atoms with Gasteiger partial charge in [-0.05, 0) is 100 Å². The van der Waals surface area contributed by atoms with Crippen molar-refractivity contribution >= 4 is 11.6 Å². The van der Waals surface area contributed by atoms with Gasteiger partial charge in [0.25, 0.3) is 0 Å². The summed E-state index contributed by atoms with van der Waals surface area (Å²) in [5.74, 6) is 2.21. The van der Waals surface area contributed by atoms with Gasteiger partial charge in [0.2, 0.25) is 5.91 Å². The van der Waals surface area contributed by atoms with Gasteiger partial charge in [-0.15, -0.1) is 0 Å². The Bertz CT molecular complexity index is 1190. The van der Waals surface area contributed by atoms with E-state index in [1.807, 2.05) is 18.2 Å². The molecule has 39 heavy (non-hydrogen) atoms. The molecule has 6 rings (SSSR count). The van der Waals surface area contributed by atoms with Crippen molar-refractivity contribution in [1.29, 1.82) is 0 Å². The van der Waals surface area contributed by atoms with Crippen LogP contribution >= 0.6 is 0 Å². The van der Waals surface area contributed by atoms with Gasteiger partial charge in [-0.3, -0.25) is 4.79 Å². The SMILES string of the molecule is CC1(C)CCc2cc(N3CCC(C(=O)N[C@H](CN4CCCC4)[C@H](O)c4ccc5c(c4)OCCO5)C3)ccc2O1. The van der Waals surface area contributed by atoms with Gasteiger partial charge in [0, 0.05) is 25.3 Å². The number of aliphatic hydroxyl groups excluding tert-OH is 1. The highest BCUT2D eigenvalue weighted by Gasteiger charge is 2.34. The van der Waals surface area contributed by atoms with E-state index in [1.54, 1.807) is 0 Å². The summed E-state index contributed by atoms with van der Waals surface area (Å²) in [7, 11) is 0. The second-order valence-corrected chi connectivity index (χ2v) is 12.1. The number of benzene rings is 2. The van der Waals surface area contributed by atoms with E-state index >= 15 is 0 Å². The first-order chi connectivity index (χ1) is 18.8. The summed E-state index contributed by atoms with van der Waals surface area (Å²) in [5.41, 5.74) is 3.00. The third-order valence-corrected chi connectivity index (χ3v) is 8.62. The lowest BCUT2D eigenvalue weighted by Gasteiger charge is -2.33. The minimum Gasteiger partial charge on any atom is -0.488 e. The quantitative estimate of drug-likeness (QED) is 0.559. The Morgan fingerprint density at radius 2 is 1.82 bits per heavy atom. The molecule has 1 amide bonds. The van der Waals surface area contributed by atoms with E-state index in [1.165, 1.54) is 5.56 Å². The molecule has 8 heteroatoms. The third-order valence-electron chi connectivity index (χ3n) is 8.62. The lowest BCUT2D eigenvalue weighted by Crippen LogP contribution is -2.48. The lowest BCUT2D eigenvalue weighted by molar-refractivity contribution is -0.126. The van der Waals surface area contributed by atoms with Crippen LogP contribution in [0.4, 0.5) is 5.69 Å². The standard InChI is InChI=1S/C31H41N3O5/c1-31(2)11-9-21-17-24(6-8-26(21)39-31)34-14-10-23(19-34)30(36)32-25(20-33-12-3-4-13-33)29(35)22-5-7-27-28(18-22)38-16-15-37-27/h5-8,17-18,23,25,29,35H,3-4,9-16,19-20H2,1-2H3,(H,32,36)/t23?,25-,29-/m1/s1. The van der Waals surface area contributed by atoms with Crippen LogP contribution < -0.4 is 24.4 Å². The van der Waals surface area contributed by atoms with Crippen LogP contribution in [0.15, 0.2) is 36.4 Å². The highest BCUT2D eigenvalue weighted by molar-refractivity contribution is 5.80. The topological polar surface area (TPSA) is 83.5 Å². The molecule has 210 valence electrons. The van der Waals surface area contributed by atoms with Crippen LogP contribution in [0, 0.1) is 5.92 Å². The van der Waals surface area contributed by atoms with Crippen LogP contribution in [0.3, 0.4) is 0 Å². The fourth-order valence-corrected chi connectivity index (χ4v) is 6.30. The zero-order chi connectivity index (χ0) is 27.0. The smallest absolute Gasteiger partial charge is 0.225 e.